The monoisotopic (exact) mass is 406 g/mol. The Kier molecular flexibility index (Phi) is 5.35. The number of thiazole rings is 1. The highest BCUT2D eigenvalue weighted by Crippen LogP contribution is 2.25. The average Bonchev–Trinajstić information content (AvgIpc) is 3.12. The molecule has 0 unspecified atom stereocenters. The van der Waals surface area contributed by atoms with E-state index in [1.807, 2.05) is 55.5 Å². The molecule has 7 nitrogen and oxygen atoms in total. The van der Waals surface area contributed by atoms with Crippen LogP contribution in [0.2, 0.25) is 0 Å². The van der Waals surface area contributed by atoms with Crippen molar-refractivity contribution in [2.75, 3.05) is 11.9 Å². The molecule has 0 atom stereocenters. The zero-order chi connectivity index (χ0) is 20.2. The minimum atomic E-state index is -0.359. The number of para-hydroxylation sites is 1. The Morgan fingerprint density at radius 2 is 1.90 bits per heavy atom. The fourth-order valence-corrected chi connectivity index (χ4v) is 3.71. The van der Waals surface area contributed by atoms with Gasteiger partial charge in [-0.15, -0.1) is 0 Å². The molecule has 29 heavy (non-hydrogen) atoms. The molecule has 0 radical (unpaired) electrons. The van der Waals surface area contributed by atoms with Gasteiger partial charge in [-0.2, -0.15) is 5.10 Å². The number of aromatic nitrogens is 3. The molecule has 0 saturated heterocycles. The summed E-state index contributed by atoms with van der Waals surface area (Å²) in [6.45, 7) is 2.32. The summed E-state index contributed by atoms with van der Waals surface area (Å²) in [7, 11) is 0. The number of carbonyl (C=O) groups is 1. The van der Waals surface area contributed by atoms with Gasteiger partial charge in [0, 0.05) is 11.6 Å². The van der Waals surface area contributed by atoms with Crippen LogP contribution in [0.25, 0.3) is 21.5 Å². The fraction of sp³-hybridized carbons (Fsp3) is 0.143. The van der Waals surface area contributed by atoms with Crippen LogP contribution >= 0.6 is 11.3 Å². The molecule has 4 aromatic rings. The van der Waals surface area contributed by atoms with E-state index in [0.29, 0.717) is 17.4 Å². The molecular weight excluding hydrogens is 388 g/mol. The molecule has 1 N–H and O–H groups in total. The molecule has 0 aliphatic rings. The van der Waals surface area contributed by atoms with Crippen LogP contribution in [0, 0.1) is 0 Å². The summed E-state index contributed by atoms with van der Waals surface area (Å²) in [6, 6.07) is 18.1. The highest BCUT2D eigenvalue weighted by atomic mass is 32.1. The predicted octanol–water partition coefficient (Wildman–Crippen LogP) is 3.56. The summed E-state index contributed by atoms with van der Waals surface area (Å²) in [5.74, 6) is 0.405. The first-order valence-electron chi connectivity index (χ1n) is 9.09. The number of rotatable bonds is 6. The molecule has 146 valence electrons. The van der Waals surface area contributed by atoms with E-state index in [1.165, 1.54) is 17.4 Å². The lowest BCUT2D eigenvalue weighted by molar-refractivity contribution is -0.117. The lowest BCUT2D eigenvalue weighted by Gasteiger charge is -2.08. The van der Waals surface area contributed by atoms with Gasteiger partial charge in [0.1, 0.15) is 12.3 Å². The van der Waals surface area contributed by atoms with E-state index in [9.17, 15) is 9.59 Å². The maximum absolute atomic E-state index is 12.4. The van der Waals surface area contributed by atoms with Gasteiger partial charge >= 0.3 is 0 Å². The van der Waals surface area contributed by atoms with Crippen LogP contribution in [0.15, 0.2) is 65.5 Å². The van der Waals surface area contributed by atoms with E-state index < -0.39 is 0 Å². The lowest BCUT2D eigenvalue weighted by atomic mass is 10.1. The Labute approximate surface area is 170 Å². The van der Waals surface area contributed by atoms with E-state index in [1.54, 1.807) is 6.07 Å². The van der Waals surface area contributed by atoms with Crippen molar-refractivity contribution in [1.82, 2.24) is 14.8 Å². The molecule has 4 rings (SSSR count). The number of ether oxygens (including phenoxy) is 1. The summed E-state index contributed by atoms with van der Waals surface area (Å²) in [5, 5.41) is 7.56. The van der Waals surface area contributed by atoms with E-state index in [0.717, 1.165) is 26.2 Å². The second kappa shape index (κ2) is 8.24. The van der Waals surface area contributed by atoms with E-state index in [2.05, 4.69) is 15.4 Å². The van der Waals surface area contributed by atoms with Gasteiger partial charge in [-0.3, -0.25) is 9.59 Å². The second-order valence-corrected chi connectivity index (χ2v) is 7.24. The normalized spacial score (nSPS) is 10.8. The van der Waals surface area contributed by atoms with Crippen LogP contribution in [0.5, 0.6) is 5.75 Å². The third-order valence-electron chi connectivity index (χ3n) is 4.16. The molecular formula is C21H18N4O3S. The topological polar surface area (TPSA) is 86.1 Å². The number of amides is 1. The van der Waals surface area contributed by atoms with Gasteiger partial charge in [0.25, 0.3) is 5.56 Å². The first kappa shape index (κ1) is 18.8. The first-order chi connectivity index (χ1) is 14.1. The van der Waals surface area contributed by atoms with Crippen molar-refractivity contribution in [2.24, 2.45) is 0 Å². The molecule has 8 heteroatoms. The number of carbonyl (C=O) groups excluding carboxylic acids is 1. The number of hydrogen-bond acceptors (Lipinski definition) is 6. The van der Waals surface area contributed by atoms with Crippen LogP contribution in [0.3, 0.4) is 0 Å². The number of nitrogens with zero attached hydrogens (tertiary/aromatic N) is 3. The van der Waals surface area contributed by atoms with Crippen molar-refractivity contribution in [1.29, 1.82) is 0 Å². The number of anilines is 1. The molecule has 0 bridgehead atoms. The summed E-state index contributed by atoms with van der Waals surface area (Å²) in [5.41, 5.74) is 1.90. The third kappa shape index (κ3) is 4.33. The van der Waals surface area contributed by atoms with Crippen LogP contribution in [0.4, 0.5) is 5.13 Å². The molecule has 0 spiro atoms. The Hall–Kier alpha value is -3.52. The molecule has 0 saturated carbocycles. The zero-order valence-corrected chi connectivity index (χ0v) is 16.5. The predicted molar refractivity (Wildman–Crippen MR) is 113 cm³/mol. The van der Waals surface area contributed by atoms with Crippen molar-refractivity contribution in [3.05, 3.63) is 71.0 Å². The maximum Gasteiger partial charge on any atom is 0.267 e. The Balaban J connectivity index is 1.51. The average molecular weight is 406 g/mol. The minimum absolute atomic E-state index is 0.195. The van der Waals surface area contributed by atoms with Crippen LogP contribution in [0.1, 0.15) is 6.92 Å². The van der Waals surface area contributed by atoms with Crippen molar-refractivity contribution >= 4 is 32.6 Å². The summed E-state index contributed by atoms with van der Waals surface area (Å²) in [6.07, 6.45) is 0. The molecule has 2 aromatic carbocycles. The third-order valence-corrected chi connectivity index (χ3v) is 5.11. The minimum Gasteiger partial charge on any atom is -0.494 e. The van der Waals surface area contributed by atoms with Crippen molar-refractivity contribution in [3.63, 3.8) is 0 Å². The standard InChI is InChI=1S/C21H18N4O3S/c1-2-28-15-9-7-14(8-10-15)16-11-12-20(27)25(24-16)13-19(26)23-21-22-17-5-3-4-6-18(17)29-21/h3-12H,2,13H2,1H3,(H,22,23,26). The van der Waals surface area contributed by atoms with Gasteiger partial charge in [-0.25, -0.2) is 9.67 Å². The summed E-state index contributed by atoms with van der Waals surface area (Å²) < 4.78 is 7.57. The first-order valence-corrected chi connectivity index (χ1v) is 9.91. The molecule has 1 amide bonds. The Morgan fingerprint density at radius 1 is 1.10 bits per heavy atom. The van der Waals surface area contributed by atoms with Crippen molar-refractivity contribution in [2.45, 2.75) is 13.5 Å². The number of fused-ring (bicyclic) bond motifs is 1. The van der Waals surface area contributed by atoms with Crippen molar-refractivity contribution < 1.29 is 9.53 Å². The van der Waals surface area contributed by atoms with Gasteiger partial charge < -0.3 is 10.1 Å². The molecule has 2 heterocycles. The molecule has 0 aliphatic heterocycles. The smallest absolute Gasteiger partial charge is 0.267 e. The van der Waals surface area contributed by atoms with Gasteiger partial charge in [-0.1, -0.05) is 23.5 Å². The van der Waals surface area contributed by atoms with Crippen molar-refractivity contribution in [3.8, 4) is 17.0 Å². The Morgan fingerprint density at radius 3 is 2.66 bits per heavy atom. The largest absolute Gasteiger partial charge is 0.494 e. The van der Waals surface area contributed by atoms with E-state index in [4.69, 9.17) is 4.74 Å². The van der Waals surface area contributed by atoms with Gasteiger partial charge in [-0.05, 0) is 49.4 Å². The van der Waals surface area contributed by atoms with Crippen LogP contribution in [-0.2, 0) is 11.3 Å². The highest BCUT2D eigenvalue weighted by molar-refractivity contribution is 7.22. The lowest BCUT2D eigenvalue weighted by Crippen LogP contribution is -2.29. The van der Waals surface area contributed by atoms with Gasteiger partial charge in [0.05, 0.1) is 22.5 Å². The molecule has 0 aliphatic carbocycles. The number of benzene rings is 2. The fourth-order valence-electron chi connectivity index (χ4n) is 2.83. The molecule has 2 aromatic heterocycles. The highest BCUT2D eigenvalue weighted by Gasteiger charge is 2.11. The van der Waals surface area contributed by atoms with E-state index >= 15 is 0 Å². The quantitative estimate of drug-likeness (QED) is 0.529. The van der Waals surface area contributed by atoms with Crippen LogP contribution < -0.4 is 15.6 Å². The summed E-state index contributed by atoms with van der Waals surface area (Å²) >= 11 is 1.38. The molecule has 0 fully saturated rings. The second-order valence-electron chi connectivity index (χ2n) is 6.21. The van der Waals surface area contributed by atoms with Gasteiger partial charge in [0.15, 0.2) is 5.13 Å². The van der Waals surface area contributed by atoms with E-state index in [-0.39, 0.29) is 18.0 Å². The Bertz CT molecular complexity index is 1180. The van der Waals surface area contributed by atoms with Crippen LogP contribution in [-0.4, -0.2) is 27.3 Å². The SMILES string of the molecule is CCOc1ccc(-c2ccc(=O)n(CC(=O)Nc3nc4ccccc4s3)n2)cc1. The number of nitrogens with one attached hydrogen (secondary N) is 1. The maximum atomic E-state index is 12.4. The zero-order valence-electron chi connectivity index (χ0n) is 15.7. The van der Waals surface area contributed by atoms with Gasteiger partial charge in [0.2, 0.25) is 5.91 Å². The summed E-state index contributed by atoms with van der Waals surface area (Å²) in [4.78, 5) is 28.9. The number of hydrogen-bond donors (Lipinski definition) is 1.